The predicted octanol–water partition coefficient (Wildman–Crippen LogP) is 0.930. The van der Waals surface area contributed by atoms with Crippen LogP contribution >= 0.6 is 11.3 Å². The summed E-state index contributed by atoms with van der Waals surface area (Å²) in [6, 6.07) is 0. The van der Waals surface area contributed by atoms with E-state index in [-0.39, 0.29) is 4.87 Å². The number of rotatable bonds is 1. The van der Waals surface area contributed by atoms with E-state index in [2.05, 4.69) is 0 Å². The molecule has 0 atom stereocenters. The van der Waals surface area contributed by atoms with Crippen molar-refractivity contribution < 1.29 is 0 Å². The smallest absolute Gasteiger partial charge is 0.306 e. The normalized spacial score (nSPS) is 9.62. The van der Waals surface area contributed by atoms with Gasteiger partial charge in [0.05, 0.1) is 0 Å². The molecule has 2 nitrogen and oxygen atoms in total. The largest absolute Gasteiger partial charge is 0.307 e. The summed E-state index contributed by atoms with van der Waals surface area (Å²) in [6.07, 6.45) is 1.80. The van der Waals surface area contributed by atoms with Gasteiger partial charge in [-0.3, -0.25) is 4.79 Å². The third-order valence-electron chi connectivity index (χ3n) is 0.985. The van der Waals surface area contributed by atoms with Gasteiger partial charge in [-0.15, -0.1) is 0 Å². The van der Waals surface area contributed by atoms with Crippen LogP contribution in [0.5, 0.6) is 0 Å². The number of hydrogen-bond acceptors (Lipinski definition) is 2. The van der Waals surface area contributed by atoms with Crippen LogP contribution in [0.4, 0.5) is 0 Å². The van der Waals surface area contributed by atoms with Gasteiger partial charge in [0.25, 0.3) is 0 Å². The Morgan fingerprint density at radius 2 is 2.62 bits per heavy atom. The SMILES string of the molecule is CCn1ccsc1=O. The second-order valence-corrected chi connectivity index (χ2v) is 2.31. The Balaban J connectivity index is 3.11. The Labute approximate surface area is 51.4 Å². The highest BCUT2D eigenvalue weighted by Crippen LogP contribution is 1.86. The first-order chi connectivity index (χ1) is 3.84. The molecule has 8 heavy (non-hydrogen) atoms. The Kier molecular flexibility index (Phi) is 1.48. The Hall–Kier alpha value is -0.570. The van der Waals surface area contributed by atoms with E-state index in [1.165, 1.54) is 11.3 Å². The van der Waals surface area contributed by atoms with Crippen LogP contribution < -0.4 is 4.87 Å². The fourth-order valence-corrected chi connectivity index (χ4v) is 1.17. The van der Waals surface area contributed by atoms with Crippen LogP contribution in [0.25, 0.3) is 0 Å². The number of nitrogens with zero attached hydrogens (tertiary/aromatic N) is 1. The summed E-state index contributed by atoms with van der Waals surface area (Å²) in [5.41, 5.74) is 0. The molecule has 0 spiro atoms. The van der Waals surface area contributed by atoms with Gasteiger partial charge in [-0.1, -0.05) is 11.3 Å². The van der Waals surface area contributed by atoms with Crippen LogP contribution in [-0.4, -0.2) is 4.57 Å². The maximum atomic E-state index is 10.6. The minimum Gasteiger partial charge on any atom is -0.306 e. The lowest BCUT2D eigenvalue weighted by Crippen LogP contribution is -2.08. The van der Waals surface area contributed by atoms with Gasteiger partial charge in [-0.2, -0.15) is 0 Å². The van der Waals surface area contributed by atoms with Crippen LogP contribution in [0.2, 0.25) is 0 Å². The van der Waals surface area contributed by atoms with Crippen LogP contribution in [0.15, 0.2) is 16.4 Å². The molecule has 0 aliphatic rings. The zero-order valence-electron chi connectivity index (χ0n) is 4.63. The summed E-state index contributed by atoms with van der Waals surface area (Å²) in [5, 5.41) is 1.80. The molecule has 44 valence electrons. The topological polar surface area (TPSA) is 22.0 Å². The van der Waals surface area contributed by atoms with Crippen LogP contribution in [0.3, 0.4) is 0 Å². The zero-order valence-corrected chi connectivity index (χ0v) is 5.44. The van der Waals surface area contributed by atoms with E-state index in [1.807, 2.05) is 6.92 Å². The van der Waals surface area contributed by atoms with E-state index < -0.39 is 0 Å². The first-order valence-electron chi connectivity index (χ1n) is 2.48. The van der Waals surface area contributed by atoms with E-state index in [9.17, 15) is 4.79 Å². The van der Waals surface area contributed by atoms with Crippen LogP contribution in [0.1, 0.15) is 6.92 Å². The molecule has 0 radical (unpaired) electrons. The molecule has 0 aliphatic carbocycles. The summed E-state index contributed by atoms with van der Waals surface area (Å²) in [7, 11) is 0. The van der Waals surface area contributed by atoms with Crippen molar-refractivity contribution in [1.29, 1.82) is 0 Å². The Morgan fingerprint density at radius 1 is 1.88 bits per heavy atom. The summed E-state index contributed by atoms with van der Waals surface area (Å²) >= 11 is 1.24. The second-order valence-electron chi connectivity index (χ2n) is 1.45. The molecule has 0 aliphatic heterocycles. The molecule has 0 saturated heterocycles. The Morgan fingerprint density at radius 3 is 2.88 bits per heavy atom. The first-order valence-corrected chi connectivity index (χ1v) is 3.36. The molecule has 3 heteroatoms. The molecular weight excluding hydrogens is 122 g/mol. The lowest BCUT2D eigenvalue weighted by molar-refractivity contribution is 0.749. The summed E-state index contributed by atoms with van der Waals surface area (Å²) < 4.78 is 1.67. The summed E-state index contributed by atoms with van der Waals surface area (Å²) in [5.74, 6) is 0. The second kappa shape index (κ2) is 2.13. The minimum atomic E-state index is 0.132. The van der Waals surface area contributed by atoms with Gasteiger partial charge < -0.3 is 4.57 Å². The van der Waals surface area contributed by atoms with E-state index in [4.69, 9.17) is 0 Å². The van der Waals surface area contributed by atoms with Crippen molar-refractivity contribution in [2.75, 3.05) is 0 Å². The number of thiazole rings is 1. The molecular formula is C5H7NOS. The zero-order chi connectivity index (χ0) is 5.98. The van der Waals surface area contributed by atoms with Crippen molar-refractivity contribution in [2.24, 2.45) is 0 Å². The lowest BCUT2D eigenvalue weighted by Gasteiger charge is -1.87. The lowest BCUT2D eigenvalue weighted by atomic mass is 10.7. The first kappa shape index (κ1) is 5.56. The average molecular weight is 129 g/mol. The van der Waals surface area contributed by atoms with Gasteiger partial charge in [-0.25, -0.2) is 0 Å². The van der Waals surface area contributed by atoms with Gasteiger partial charge in [0.1, 0.15) is 0 Å². The molecule has 0 fully saturated rings. The molecule has 0 aromatic carbocycles. The highest BCUT2D eigenvalue weighted by molar-refractivity contribution is 7.07. The third kappa shape index (κ3) is 0.816. The van der Waals surface area contributed by atoms with Crippen molar-refractivity contribution >= 4 is 11.3 Å². The molecule has 0 bridgehead atoms. The quantitative estimate of drug-likeness (QED) is 0.553. The van der Waals surface area contributed by atoms with Crippen LogP contribution in [0, 0.1) is 0 Å². The number of aryl methyl sites for hydroxylation is 1. The highest BCUT2D eigenvalue weighted by atomic mass is 32.1. The fraction of sp³-hybridized carbons (Fsp3) is 0.400. The van der Waals surface area contributed by atoms with Crippen molar-refractivity contribution in [3.63, 3.8) is 0 Å². The van der Waals surface area contributed by atoms with Crippen molar-refractivity contribution in [2.45, 2.75) is 13.5 Å². The summed E-state index contributed by atoms with van der Waals surface area (Å²) in [4.78, 5) is 10.8. The standard InChI is InChI=1S/C5H7NOS/c1-2-6-3-4-8-5(6)7/h3-4H,2H2,1H3. The van der Waals surface area contributed by atoms with Crippen molar-refractivity contribution in [3.8, 4) is 0 Å². The molecule has 1 aromatic heterocycles. The minimum absolute atomic E-state index is 0.132. The van der Waals surface area contributed by atoms with Gasteiger partial charge in [0.2, 0.25) is 0 Å². The highest BCUT2D eigenvalue weighted by Gasteiger charge is 1.88. The monoisotopic (exact) mass is 129 g/mol. The van der Waals surface area contributed by atoms with E-state index in [0.717, 1.165) is 6.54 Å². The van der Waals surface area contributed by atoms with Gasteiger partial charge in [0, 0.05) is 18.1 Å². The van der Waals surface area contributed by atoms with Gasteiger partial charge in [0.15, 0.2) is 0 Å². The fourth-order valence-electron chi connectivity index (χ4n) is 0.525. The Bertz CT molecular complexity index is 212. The molecule has 0 amide bonds. The predicted molar refractivity (Wildman–Crippen MR) is 34.3 cm³/mol. The van der Waals surface area contributed by atoms with Crippen molar-refractivity contribution in [1.82, 2.24) is 4.57 Å². The van der Waals surface area contributed by atoms with E-state index in [0.29, 0.717) is 0 Å². The van der Waals surface area contributed by atoms with Gasteiger partial charge in [-0.05, 0) is 6.92 Å². The van der Waals surface area contributed by atoms with Crippen LogP contribution in [-0.2, 0) is 6.54 Å². The molecule has 1 heterocycles. The number of hydrogen-bond donors (Lipinski definition) is 0. The third-order valence-corrected chi connectivity index (χ3v) is 1.68. The summed E-state index contributed by atoms with van der Waals surface area (Å²) in [6.45, 7) is 2.73. The molecule has 0 N–H and O–H groups in total. The van der Waals surface area contributed by atoms with E-state index in [1.54, 1.807) is 16.1 Å². The van der Waals surface area contributed by atoms with Crippen molar-refractivity contribution in [3.05, 3.63) is 21.2 Å². The average Bonchev–Trinajstić information content (AvgIpc) is 2.14. The van der Waals surface area contributed by atoms with Gasteiger partial charge >= 0.3 is 4.87 Å². The number of aromatic nitrogens is 1. The maximum absolute atomic E-state index is 10.6. The maximum Gasteiger partial charge on any atom is 0.307 e. The molecule has 0 unspecified atom stereocenters. The molecule has 1 rings (SSSR count). The van der Waals surface area contributed by atoms with E-state index >= 15 is 0 Å². The molecule has 1 aromatic rings. The molecule has 0 saturated carbocycles.